The highest BCUT2D eigenvalue weighted by molar-refractivity contribution is 9.10. The summed E-state index contributed by atoms with van der Waals surface area (Å²) < 4.78 is 6.25. The van der Waals surface area contributed by atoms with Crippen molar-refractivity contribution in [2.45, 2.75) is 20.5 Å². The Morgan fingerprint density at radius 3 is 2.57 bits per heavy atom. The summed E-state index contributed by atoms with van der Waals surface area (Å²) in [7, 11) is 1.63. The Hall–Kier alpha value is -0.580. The predicted octanol–water partition coefficient (Wildman–Crippen LogP) is 2.46. The van der Waals surface area contributed by atoms with Crippen molar-refractivity contribution in [3.63, 3.8) is 0 Å². The number of benzene rings is 1. The largest absolute Gasteiger partial charge is 0.495 e. The lowest BCUT2D eigenvalue weighted by molar-refractivity contribution is 0.122. The van der Waals surface area contributed by atoms with E-state index in [9.17, 15) is 0 Å². The number of ether oxygens (including phenoxy) is 1. The summed E-state index contributed by atoms with van der Waals surface area (Å²) in [4.78, 5) is 4.62. The highest BCUT2D eigenvalue weighted by atomic mass is 79.9. The molecule has 0 heterocycles. The van der Waals surface area contributed by atoms with Crippen LogP contribution in [0.5, 0.6) is 5.75 Å². The van der Waals surface area contributed by atoms with Crippen LogP contribution in [0.25, 0.3) is 0 Å². The van der Waals surface area contributed by atoms with Crippen LogP contribution in [-0.4, -0.2) is 7.11 Å². The fourth-order valence-electron chi connectivity index (χ4n) is 1.34. The fraction of sp³-hybridized carbons (Fsp3) is 0.400. The molecular formula is C10H14BrNO2. The number of hydrogen-bond acceptors (Lipinski definition) is 3. The van der Waals surface area contributed by atoms with Crippen molar-refractivity contribution < 1.29 is 9.57 Å². The van der Waals surface area contributed by atoms with Gasteiger partial charge in [-0.2, -0.15) is 0 Å². The fourth-order valence-corrected chi connectivity index (χ4v) is 2.07. The average Bonchev–Trinajstić information content (AvgIpc) is 2.16. The molecule has 0 amide bonds. The van der Waals surface area contributed by atoms with Gasteiger partial charge in [-0.15, -0.1) is 0 Å². The zero-order valence-electron chi connectivity index (χ0n) is 8.56. The Labute approximate surface area is 92.3 Å². The van der Waals surface area contributed by atoms with E-state index in [0.717, 1.165) is 15.8 Å². The van der Waals surface area contributed by atoms with Gasteiger partial charge in [-0.25, -0.2) is 5.90 Å². The minimum Gasteiger partial charge on any atom is -0.495 e. The first-order valence-electron chi connectivity index (χ1n) is 4.26. The Morgan fingerprint density at radius 1 is 1.43 bits per heavy atom. The molecule has 0 bridgehead atoms. The topological polar surface area (TPSA) is 44.5 Å². The molecule has 0 fully saturated rings. The van der Waals surface area contributed by atoms with Gasteiger partial charge in [-0.3, -0.25) is 4.84 Å². The van der Waals surface area contributed by atoms with E-state index in [0.29, 0.717) is 6.61 Å². The SMILES string of the molecule is COc1c(CON)cc(C)c(C)c1Br. The third-order valence-electron chi connectivity index (χ3n) is 2.25. The van der Waals surface area contributed by atoms with E-state index in [4.69, 9.17) is 10.6 Å². The first-order valence-corrected chi connectivity index (χ1v) is 5.05. The van der Waals surface area contributed by atoms with Crippen molar-refractivity contribution in [3.05, 3.63) is 27.2 Å². The molecule has 0 saturated carbocycles. The van der Waals surface area contributed by atoms with Gasteiger partial charge in [0.25, 0.3) is 0 Å². The first-order chi connectivity index (χ1) is 6.61. The first kappa shape index (κ1) is 11.5. The summed E-state index contributed by atoms with van der Waals surface area (Å²) in [6.45, 7) is 4.43. The number of aryl methyl sites for hydroxylation is 1. The molecule has 1 aromatic rings. The van der Waals surface area contributed by atoms with Gasteiger partial charge in [0, 0.05) is 5.56 Å². The van der Waals surface area contributed by atoms with Gasteiger partial charge in [-0.05, 0) is 47.0 Å². The van der Waals surface area contributed by atoms with E-state index in [2.05, 4.69) is 20.8 Å². The van der Waals surface area contributed by atoms with Gasteiger partial charge in [0.1, 0.15) is 5.75 Å². The summed E-state index contributed by atoms with van der Waals surface area (Å²) in [5.74, 6) is 5.84. The maximum atomic E-state index is 5.28. The van der Waals surface area contributed by atoms with E-state index in [1.807, 2.05) is 19.9 Å². The molecule has 0 radical (unpaired) electrons. The highest BCUT2D eigenvalue weighted by Gasteiger charge is 2.12. The van der Waals surface area contributed by atoms with E-state index >= 15 is 0 Å². The zero-order valence-corrected chi connectivity index (χ0v) is 10.1. The molecule has 4 heteroatoms. The minimum absolute atomic E-state index is 0.350. The van der Waals surface area contributed by atoms with E-state index in [1.54, 1.807) is 7.11 Å². The molecule has 0 aromatic heterocycles. The van der Waals surface area contributed by atoms with Crippen molar-refractivity contribution in [1.82, 2.24) is 0 Å². The van der Waals surface area contributed by atoms with Crippen LogP contribution in [0.4, 0.5) is 0 Å². The van der Waals surface area contributed by atoms with Crippen LogP contribution in [0.1, 0.15) is 16.7 Å². The van der Waals surface area contributed by atoms with Crippen molar-refractivity contribution in [2.75, 3.05) is 7.11 Å². The van der Waals surface area contributed by atoms with Crippen molar-refractivity contribution in [1.29, 1.82) is 0 Å². The van der Waals surface area contributed by atoms with Crippen molar-refractivity contribution >= 4 is 15.9 Å². The normalized spacial score (nSPS) is 10.4. The van der Waals surface area contributed by atoms with Crippen LogP contribution in [0.2, 0.25) is 0 Å². The van der Waals surface area contributed by atoms with Crippen molar-refractivity contribution in [2.24, 2.45) is 5.90 Å². The second kappa shape index (κ2) is 4.77. The van der Waals surface area contributed by atoms with Gasteiger partial charge in [0.15, 0.2) is 0 Å². The maximum Gasteiger partial charge on any atom is 0.138 e. The molecule has 3 nitrogen and oxygen atoms in total. The average molecular weight is 260 g/mol. The maximum absolute atomic E-state index is 5.28. The van der Waals surface area contributed by atoms with Crippen LogP contribution in [-0.2, 0) is 11.4 Å². The molecule has 1 aromatic carbocycles. The molecule has 0 atom stereocenters. The molecule has 1 rings (SSSR count). The standard InChI is InChI=1S/C10H14BrNO2/c1-6-4-8(5-14-12)10(13-3)9(11)7(6)2/h4H,5,12H2,1-3H3. The summed E-state index contributed by atoms with van der Waals surface area (Å²) in [5, 5.41) is 0. The van der Waals surface area contributed by atoms with Crippen LogP contribution in [0.15, 0.2) is 10.5 Å². The van der Waals surface area contributed by atoms with Crippen LogP contribution < -0.4 is 10.6 Å². The third-order valence-corrected chi connectivity index (χ3v) is 3.20. The monoisotopic (exact) mass is 259 g/mol. The lowest BCUT2D eigenvalue weighted by Crippen LogP contribution is -2.03. The Kier molecular flexibility index (Phi) is 3.92. The summed E-state index contributed by atoms with van der Waals surface area (Å²) in [6.07, 6.45) is 0. The minimum atomic E-state index is 0.350. The Morgan fingerprint density at radius 2 is 2.07 bits per heavy atom. The molecule has 78 valence electrons. The molecule has 0 unspecified atom stereocenters. The van der Waals surface area contributed by atoms with E-state index < -0.39 is 0 Å². The number of halogens is 1. The second-order valence-electron chi connectivity index (χ2n) is 3.14. The summed E-state index contributed by atoms with van der Waals surface area (Å²) in [5.41, 5.74) is 3.30. The lowest BCUT2D eigenvalue weighted by atomic mass is 10.1. The molecule has 14 heavy (non-hydrogen) atoms. The van der Waals surface area contributed by atoms with Crippen molar-refractivity contribution in [3.8, 4) is 5.75 Å². The lowest BCUT2D eigenvalue weighted by Gasteiger charge is -2.13. The summed E-state index contributed by atoms with van der Waals surface area (Å²) in [6, 6.07) is 2.02. The van der Waals surface area contributed by atoms with Gasteiger partial charge >= 0.3 is 0 Å². The highest BCUT2D eigenvalue weighted by Crippen LogP contribution is 2.34. The third kappa shape index (κ3) is 2.08. The Balaban J connectivity index is 3.28. The van der Waals surface area contributed by atoms with Gasteiger partial charge < -0.3 is 4.74 Å². The smallest absolute Gasteiger partial charge is 0.138 e. The van der Waals surface area contributed by atoms with Gasteiger partial charge in [-0.1, -0.05) is 0 Å². The predicted molar refractivity (Wildman–Crippen MR) is 59.1 cm³/mol. The Bertz CT molecular complexity index is 339. The molecule has 0 saturated heterocycles. The van der Waals surface area contributed by atoms with E-state index in [1.165, 1.54) is 11.1 Å². The number of rotatable bonds is 3. The molecule has 0 aliphatic rings. The molecule has 0 aliphatic carbocycles. The van der Waals surface area contributed by atoms with Crippen LogP contribution >= 0.6 is 15.9 Å². The molecule has 2 N–H and O–H groups in total. The van der Waals surface area contributed by atoms with Gasteiger partial charge in [0.2, 0.25) is 0 Å². The molecule has 0 aliphatic heterocycles. The van der Waals surface area contributed by atoms with Crippen LogP contribution in [0.3, 0.4) is 0 Å². The quantitative estimate of drug-likeness (QED) is 0.849. The van der Waals surface area contributed by atoms with E-state index in [-0.39, 0.29) is 0 Å². The van der Waals surface area contributed by atoms with Gasteiger partial charge in [0.05, 0.1) is 18.2 Å². The molecule has 0 spiro atoms. The number of methoxy groups -OCH3 is 1. The zero-order chi connectivity index (χ0) is 10.7. The number of hydrogen-bond donors (Lipinski definition) is 1. The number of nitrogens with two attached hydrogens (primary N) is 1. The summed E-state index contributed by atoms with van der Waals surface area (Å²) >= 11 is 3.49. The second-order valence-corrected chi connectivity index (χ2v) is 3.93. The van der Waals surface area contributed by atoms with Crippen LogP contribution in [0, 0.1) is 13.8 Å². The molecular weight excluding hydrogens is 246 g/mol.